The number of fused-ring (bicyclic) bond motifs is 1. The minimum atomic E-state index is 0.104. The van der Waals surface area contributed by atoms with E-state index < -0.39 is 0 Å². The van der Waals surface area contributed by atoms with Crippen molar-refractivity contribution in [3.05, 3.63) is 35.2 Å². The first-order valence-corrected chi connectivity index (χ1v) is 9.59. The zero-order valence-electron chi connectivity index (χ0n) is 15.9. The molecule has 1 aromatic carbocycles. The smallest absolute Gasteiger partial charge is 0.253 e. The Balaban J connectivity index is 1.61. The maximum absolute atomic E-state index is 13.2. The summed E-state index contributed by atoms with van der Waals surface area (Å²) in [6, 6.07) is 5.69. The zero-order valence-corrected chi connectivity index (χ0v) is 15.9. The van der Waals surface area contributed by atoms with Crippen molar-refractivity contribution in [3.8, 4) is 0 Å². The molecule has 5 heteroatoms. The van der Waals surface area contributed by atoms with E-state index in [1.165, 1.54) is 6.42 Å². The number of carbonyl (C=O) groups excluding carboxylic acids is 1. The molecule has 5 nitrogen and oxygen atoms in total. The highest BCUT2D eigenvalue weighted by molar-refractivity contribution is 5.97. The van der Waals surface area contributed by atoms with E-state index in [-0.39, 0.29) is 17.4 Å². The second-order valence-electron chi connectivity index (χ2n) is 7.91. The summed E-state index contributed by atoms with van der Waals surface area (Å²) in [6.07, 6.45) is 5.98. The van der Waals surface area contributed by atoms with Gasteiger partial charge in [-0.2, -0.15) is 0 Å². The predicted molar refractivity (Wildman–Crippen MR) is 101 cm³/mol. The first-order chi connectivity index (χ1) is 12.5. The number of hydrogen-bond donors (Lipinski definition) is 0. The quantitative estimate of drug-likeness (QED) is 0.827. The standard InChI is InChI=1S/C21H27N3O2/c1-14-15(2)23-18-12-16(7-8-17(18)22-14)20(25)24-11-5-10-21(13-24)9-4-6-19(21)26-3/h7-8,12,19H,4-6,9-11,13H2,1-3H3/t19-,21-/m1/s1. The molecule has 4 rings (SSSR count). The summed E-state index contributed by atoms with van der Waals surface area (Å²) in [6.45, 7) is 5.55. The highest BCUT2D eigenvalue weighted by Crippen LogP contribution is 2.46. The van der Waals surface area contributed by atoms with Gasteiger partial charge in [-0.15, -0.1) is 0 Å². The van der Waals surface area contributed by atoms with Crippen molar-refractivity contribution in [1.29, 1.82) is 0 Å². The molecule has 1 aliphatic carbocycles. The van der Waals surface area contributed by atoms with Crippen LogP contribution in [0.5, 0.6) is 0 Å². The number of nitrogens with zero attached hydrogens (tertiary/aromatic N) is 3. The molecule has 2 aromatic rings. The average molecular weight is 353 g/mol. The minimum absolute atomic E-state index is 0.104. The highest BCUT2D eigenvalue weighted by Gasteiger charge is 2.46. The Morgan fingerprint density at radius 2 is 1.88 bits per heavy atom. The van der Waals surface area contributed by atoms with Crippen molar-refractivity contribution in [3.63, 3.8) is 0 Å². The van der Waals surface area contributed by atoms with Gasteiger partial charge in [-0.1, -0.05) is 6.42 Å². The summed E-state index contributed by atoms with van der Waals surface area (Å²) in [4.78, 5) is 24.4. The number of benzene rings is 1. The van der Waals surface area contributed by atoms with E-state index in [2.05, 4.69) is 9.97 Å². The Bertz CT molecular complexity index is 851. The van der Waals surface area contributed by atoms with Crippen LogP contribution in [-0.4, -0.2) is 47.1 Å². The third kappa shape index (κ3) is 2.88. The number of hydrogen-bond acceptors (Lipinski definition) is 4. The Morgan fingerprint density at radius 3 is 2.65 bits per heavy atom. The number of likely N-dealkylation sites (tertiary alicyclic amines) is 1. The Morgan fingerprint density at radius 1 is 1.15 bits per heavy atom. The van der Waals surface area contributed by atoms with Crippen LogP contribution in [0, 0.1) is 19.3 Å². The number of rotatable bonds is 2. The van der Waals surface area contributed by atoms with Crippen LogP contribution in [0.1, 0.15) is 53.8 Å². The number of aromatic nitrogens is 2. The van der Waals surface area contributed by atoms with Crippen LogP contribution >= 0.6 is 0 Å². The maximum Gasteiger partial charge on any atom is 0.253 e. The van der Waals surface area contributed by atoms with Crippen molar-refractivity contribution >= 4 is 16.9 Å². The van der Waals surface area contributed by atoms with E-state index in [0.717, 1.165) is 61.2 Å². The van der Waals surface area contributed by atoms with Crippen molar-refractivity contribution < 1.29 is 9.53 Å². The Hall–Kier alpha value is -2.01. The molecule has 2 aliphatic rings. The monoisotopic (exact) mass is 353 g/mol. The molecule has 2 fully saturated rings. The van der Waals surface area contributed by atoms with Crippen molar-refractivity contribution in [2.45, 2.75) is 52.1 Å². The topological polar surface area (TPSA) is 55.3 Å². The fourth-order valence-corrected chi connectivity index (χ4v) is 4.82. The lowest BCUT2D eigenvalue weighted by atomic mass is 9.76. The van der Waals surface area contributed by atoms with E-state index in [4.69, 9.17) is 4.74 Å². The van der Waals surface area contributed by atoms with Crippen LogP contribution in [-0.2, 0) is 4.74 Å². The fraction of sp³-hybridized carbons (Fsp3) is 0.571. The molecule has 1 saturated carbocycles. The molecule has 2 atom stereocenters. The summed E-state index contributed by atoms with van der Waals surface area (Å²) in [5.41, 5.74) is 4.33. The van der Waals surface area contributed by atoms with E-state index >= 15 is 0 Å². The van der Waals surface area contributed by atoms with Crippen molar-refractivity contribution in [2.75, 3.05) is 20.2 Å². The molecule has 138 valence electrons. The summed E-state index contributed by atoms with van der Waals surface area (Å²) in [5, 5.41) is 0. The molecule has 0 unspecified atom stereocenters. The number of methoxy groups -OCH3 is 1. The van der Waals surface area contributed by atoms with E-state index in [9.17, 15) is 4.79 Å². The lowest BCUT2D eigenvalue weighted by molar-refractivity contribution is -0.0295. The lowest BCUT2D eigenvalue weighted by Gasteiger charge is -2.43. The highest BCUT2D eigenvalue weighted by atomic mass is 16.5. The normalized spacial score (nSPS) is 26.0. The van der Waals surface area contributed by atoms with Gasteiger partial charge in [-0.05, 0) is 57.7 Å². The Kier molecular flexibility index (Phi) is 4.43. The van der Waals surface area contributed by atoms with Crippen LogP contribution in [0.2, 0.25) is 0 Å². The largest absolute Gasteiger partial charge is 0.381 e. The Labute approximate surface area is 154 Å². The van der Waals surface area contributed by atoms with Crippen LogP contribution in [0.4, 0.5) is 0 Å². The first-order valence-electron chi connectivity index (χ1n) is 9.59. The van der Waals surface area contributed by atoms with Gasteiger partial charge in [0.2, 0.25) is 0 Å². The molecule has 2 heterocycles. The van der Waals surface area contributed by atoms with E-state index in [0.29, 0.717) is 5.56 Å². The van der Waals surface area contributed by atoms with E-state index in [1.54, 1.807) is 0 Å². The third-order valence-corrected chi connectivity index (χ3v) is 6.33. The second kappa shape index (κ2) is 6.62. The second-order valence-corrected chi connectivity index (χ2v) is 7.91. The molecule has 0 radical (unpaired) electrons. The van der Waals surface area contributed by atoms with Crippen molar-refractivity contribution in [1.82, 2.24) is 14.9 Å². The molecular weight excluding hydrogens is 326 g/mol. The van der Waals surface area contributed by atoms with Crippen LogP contribution in [0.15, 0.2) is 18.2 Å². The predicted octanol–water partition coefficient (Wildman–Crippen LogP) is 3.67. The van der Waals surface area contributed by atoms with E-state index in [1.807, 2.05) is 44.1 Å². The van der Waals surface area contributed by atoms with Crippen molar-refractivity contribution in [2.24, 2.45) is 5.41 Å². The number of amides is 1. The average Bonchev–Trinajstić information content (AvgIpc) is 3.03. The summed E-state index contributed by atoms with van der Waals surface area (Å²) >= 11 is 0. The molecule has 26 heavy (non-hydrogen) atoms. The molecule has 1 saturated heterocycles. The first kappa shape index (κ1) is 17.4. The molecule has 1 aromatic heterocycles. The SMILES string of the molecule is CO[C@@H]1CCC[C@]12CCCN(C(=O)c1ccc3nc(C)c(C)nc3c1)C2. The van der Waals surface area contributed by atoms with Gasteiger partial charge in [0.05, 0.1) is 28.5 Å². The van der Waals surface area contributed by atoms with Gasteiger partial charge >= 0.3 is 0 Å². The molecule has 1 spiro atoms. The maximum atomic E-state index is 13.2. The molecule has 1 amide bonds. The van der Waals surface area contributed by atoms with Gasteiger partial charge in [0.25, 0.3) is 5.91 Å². The molecule has 0 N–H and O–H groups in total. The number of ether oxygens (including phenoxy) is 1. The summed E-state index contributed by atoms with van der Waals surface area (Å²) in [5.74, 6) is 0.104. The van der Waals surface area contributed by atoms with Gasteiger partial charge in [0.15, 0.2) is 0 Å². The minimum Gasteiger partial charge on any atom is -0.381 e. The van der Waals surface area contributed by atoms with Crippen LogP contribution in [0.25, 0.3) is 11.0 Å². The number of aryl methyl sites for hydroxylation is 2. The van der Waals surface area contributed by atoms with Gasteiger partial charge in [-0.25, -0.2) is 9.97 Å². The molecular formula is C21H27N3O2. The van der Waals surface area contributed by atoms with Gasteiger partial charge in [0.1, 0.15) is 0 Å². The fourth-order valence-electron chi connectivity index (χ4n) is 4.82. The summed E-state index contributed by atoms with van der Waals surface area (Å²) in [7, 11) is 1.81. The van der Waals surface area contributed by atoms with Gasteiger partial charge in [-0.3, -0.25) is 4.79 Å². The van der Waals surface area contributed by atoms with Gasteiger partial charge < -0.3 is 9.64 Å². The number of piperidine rings is 1. The zero-order chi connectivity index (χ0) is 18.3. The van der Waals surface area contributed by atoms with Gasteiger partial charge in [0, 0.05) is 31.2 Å². The summed E-state index contributed by atoms with van der Waals surface area (Å²) < 4.78 is 5.76. The molecule has 1 aliphatic heterocycles. The van der Waals surface area contributed by atoms with Crippen LogP contribution in [0.3, 0.4) is 0 Å². The third-order valence-electron chi connectivity index (χ3n) is 6.33. The number of carbonyl (C=O) groups is 1. The molecule has 0 bridgehead atoms. The van der Waals surface area contributed by atoms with Crippen LogP contribution < -0.4 is 0 Å². The lowest BCUT2D eigenvalue weighted by Crippen LogP contribution is -2.49.